The summed E-state index contributed by atoms with van der Waals surface area (Å²) in [6.07, 6.45) is -0.804. The van der Waals surface area contributed by atoms with Gasteiger partial charge in [0, 0.05) is 37.6 Å². The molecule has 0 spiro atoms. The van der Waals surface area contributed by atoms with Crippen LogP contribution in [0.2, 0.25) is 0 Å². The van der Waals surface area contributed by atoms with Gasteiger partial charge in [0.25, 0.3) is 5.91 Å². The maximum Gasteiger partial charge on any atom is 0.416 e. The average Bonchev–Trinajstić information content (AvgIpc) is 3.33. The number of nitrogens with zero attached hydrogens (tertiary/aromatic N) is 3. The molecule has 0 saturated carbocycles. The molecule has 33 heavy (non-hydrogen) atoms. The predicted molar refractivity (Wildman–Crippen MR) is 117 cm³/mol. The molecule has 1 aliphatic heterocycles. The number of carbonyl (C=O) groups excluding carboxylic acids is 1. The molecule has 1 amide bonds. The van der Waals surface area contributed by atoms with Crippen LogP contribution in [0.25, 0.3) is 0 Å². The molecule has 1 aromatic heterocycles. The summed E-state index contributed by atoms with van der Waals surface area (Å²) in [6.45, 7) is 3.26. The summed E-state index contributed by atoms with van der Waals surface area (Å²) in [5, 5.41) is 7.11. The number of nitrogens with one attached hydrogen (secondary N) is 1. The molecule has 0 radical (unpaired) electrons. The Bertz CT molecular complexity index is 1030. The van der Waals surface area contributed by atoms with Crippen molar-refractivity contribution >= 4 is 5.91 Å². The number of carbonyl (C=O) groups is 1. The number of rotatable bonds is 7. The van der Waals surface area contributed by atoms with Crippen LogP contribution in [-0.4, -0.2) is 53.4 Å². The highest BCUT2D eigenvalue weighted by Crippen LogP contribution is 2.31. The summed E-state index contributed by atoms with van der Waals surface area (Å²) in [6, 6.07) is 14.0. The average molecular weight is 458 g/mol. The molecule has 0 bridgehead atoms. The minimum atomic E-state index is -4.38. The summed E-state index contributed by atoms with van der Waals surface area (Å²) >= 11 is 0. The van der Waals surface area contributed by atoms with Gasteiger partial charge in [0.2, 0.25) is 0 Å². The molecule has 1 N–H and O–H groups in total. The number of alkyl halides is 3. The zero-order valence-electron chi connectivity index (χ0n) is 18.0. The Kier molecular flexibility index (Phi) is 7.10. The molecule has 2 heterocycles. The minimum absolute atomic E-state index is 0.231. The maximum absolute atomic E-state index is 13.0. The molecule has 2 aromatic carbocycles. The molecular weight excluding hydrogens is 433 g/mol. The van der Waals surface area contributed by atoms with E-state index in [0.717, 1.165) is 23.3 Å². The third-order valence-electron chi connectivity index (χ3n) is 5.69. The van der Waals surface area contributed by atoms with Gasteiger partial charge in [-0.3, -0.25) is 14.4 Å². The Morgan fingerprint density at radius 2 is 1.76 bits per heavy atom. The number of halogens is 3. The quantitative estimate of drug-likeness (QED) is 0.586. The van der Waals surface area contributed by atoms with Crippen molar-refractivity contribution in [1.82, 2.24) is 20.0 Å². The lowest BCUT2D eigenvalue weighted by Gasteiger charge is -2.35. The molecule has 0 aliphatic carbocycles. The highest BCUT2D eigenvalue weighted by atomic mass is 19.4. The first kappa shape index (κ1) is 23.0. The van der Waals surface area contributed by atoms with Crippen molar-refractivity contribution in [3.05, 3.63) is 89.2 Å². The van der Waals surface area contributed by atoms with Crippen LogP contribution in [0.4, 0.5) is 13.2 Å². The van der Waals surface area contributed by atoms with E-state index in [1.165, 1.54) is 12.1 Å². The largest absolute Gasteiger partial charge is 0.416 e. The van der Waals surface area contributed by atoms with Crippen molar-refractivity contribution < 1.29 is 22.7 Å². The minimum Gasteiger partial charge on any atom is -0.379 e. The van der Waals surface area contributed by atoms with E-state index < -0.39 is 11.7 Å². The smallest absolute Gasteiger partial charge is 0.379 e. The Morgan fingerprint density at radius 3 is 2.36 bits per heavy atom. The number of morpholine rings is 1. The second kappa shape index (κ2) is 10.2. The van der Waals surface area contributed by atoms with Gasteiger partial charge in [0.05, 0.1) is 31.4 Å². The van der Waals surface area contributed by atoms with Crippen LogP contribution >= 0.6 is 0 Å². The highest BCUT2D eigenvalue weighted by Gasteiger charge is 2.31. The van der Waals surface area contributed by atoms with Gasteiger partial charge in [0.1, 0.15) is 0 Å². The molecule has 174 valence electrons. The summed E-state index contributed by atoms with van der Waals surface area (Å²) in [7, 11) is 0. The highest BCUT2D eigenvalue weighted by molar-refractivity contribution is 5.94. The van der Waals surface area contributed by atoms with Crippen molar-refractivity contribution in [2.45, 2.75) is 18.8 Å². The number of hydrogen-bond acceptors (Lipinski definition) is 4. The Labute approximate surface area is 190 Å². The molecule has 1 aliphatic rings. The lowest BCUT2D eigenvalue weighted by Crippen LogP contribution is -2.43. The molecule has 1 unspecified atom stereocenters. The van der Waals surface area contributed by atoms with Gasteiger partial charge in [-0.1, -0.05) is 24.3 Å². The first-order valence-corrected chi connectivity index (χ1v) is 10.7. The van der Waals surface area contributed by atoms with Gasteiger partial charge in [-0.25, -0.2) is 0 Å². The zero-order chi connectivity index (χ0) is 23.3. The van der Waals surface area contributed by atoms with Crippen molar-refractivity contribution in [1.29, 1.82) is 0 Å². The van der Waals surface area contributed by atoms with Crippen molar-refractivity contribution in [2.75, 3.05) is 32.8 Å². The van der Waals surface area contributed by atoms with E-state index in [9.17, 15) is 18.0 Å². The first-order valence-electron chi connectivity index (χ1n) is 10.7. The van der Waals surface area contributed by atoms with Crippen molar-refractivity contribution in [2.24, 2.45) is 0 Å². The number of ether oxygens (including phenoxy) is 1. The predicted octanol–water partition coefficient (Wildman–Crippen LogP) is 3.75. The number of benzene rings is 2. The lowest BCUT2D eigenvalue weighted by molar-refractivity contribution is -0.137. The molecule has 1 fully saturated rings. The normalized spacial score (nSPS) is 15.8. The zero-order valence-corrected chi connectivity index (χ0v) is 18.0. The summed E-state index contributed by atoms with van der Waals surface area (Å²) < 4.78 is 46.1. The monoisotopic (exact) mass is 458 g/mol. The maximum atomic E-state index is 13.0. The van der Waals surface area contributed by atoms with Crippen LogP contribution in [0.5, 0.6) is 0 Å². The first-order chi connectivity index (χ1) is 15.9. The van der Waals surface area contributed by atoms with E-state index in [1.807, 2.05) is 24.4 Å². The van der Waals surface area contributed by atoms with E-state index in [4.69, 9.17) is 4.74 Å². The topological polar surface area (TPSA) is 59.4 Å². The Morgan fingerprint density at radius 1 is 1.06 bits per heavy atom. The van der Waals surface area contributed by atoms with Gasteiger partial charge in [0.15, 0.2) is 0 Å². The van der Waals surface area contributed by atoms with Crippen LogP contribution in [-0.2, 0) is 17.5 Å². The van der Waals surface area contributed by atoms with Crippen LogP contribution in [0.1, 0.15) is 33.1 Å². The third kappa shape index (κ3) is 6.00. The Hall–Kier alpha value is -3.17. The second-order valence-corrected chi connectivity index (χ2v) is 7.89. The number of hydrogen-bond donors (Lipinski definition) is 1. The fourth-order valence-electron chi connectivity index (χ4n) is 3.88. The molecular formula is C24H25F3N4O2. The van der Waals surface area contributed by atoms with Gasteiger partial charge in [-0.15, -0.1) is 0 Å². The van der Waals surface area contributed by atoms with Crippen LogP contribution in [0.15, 0.2) is 67.0 Å². The summed E-state index contributed by atoms with van der Waals surface area (Å²) in [5.74, 6) is -0.231. The fourth-order valence-corrected chi connectivity index (χ4v) is 3.88. The summed E-state index contributed by atoms with van der Waals surface area (Å²) in [4.78, 5) is 14.9. The molecule has 4 rings (SSSR count). The van der Waals surface area contributed by atoms with E-state index in [-0.39, 0.29) is 18.5 Å². The van der Waals surface area contributed by atoms with Crippen LogP contribution in [0.3, 0.4) is 0 Å². The molecule has 6 nitrogen and oxygen atoms in total. The lowest BCUT2D eigenvalue weighted by atomic mass is 10.0. The van der Waals surface area contributed by atoms with Crippen LogP contribution < -0.4 is 5.32 Å². The standard InChI is InChI=1S/C24H25F3N4O2/c25-24(26,27)21-8-6-19(7-9-21)22(30-12-14-33-15-13-30)16-28-23(32)20-4-2-18(3-5-20)17-31-11-1-10-29-31/h1-11,22H,12-17H2,(H,28,32). The third-order valence-corrected chi connectivity index (χ3v) is 5.69. The Balaban J connectivity index is 1.43. The van der Waals surface area contributed by atoms with Crippen LogP contribution in [0, 0.1) is 0 Å². The SMILES string of the molecule is O=C(NCC(c1ccc(C(F)(F)F)cc1)N1CCOCC1)c1ccc(Cn2cccn2)cc1. The molecule has 9 heteroatoms. The van der Waals surface area contributed by atoms with E-state index in [0.29, 0.717) is 38.4 Å². The van der Waals surface area contributed by atoms with Crippen molar-refractivity contribution in [3.63, 3.8) is 0 Å². The number of amides is 1. The summed E-state index contributed by atoms with van der Waals surface area (Å²) in [5.41, 5.74) is 1.57. The van der Waals surface area contributed by atoms with Gasteiger partial charge in [-0.2, -0.15) is 18.3 Å². The van der Waals surface area contributed by atoms with Gasteiger partial charge >= 0.3 is 6.18 Å². The van der Waals surface area contributed by atoms with Gasteiger partial charge < -0.3 is 10.1 Å². The van der Waals surface area contributed by atoms with Gasteiger partial charge in [-0.05, 0) is 41.5 Å². The molecule has 1 atom stereocenters. The van der Waals surface area contributed by atoms with E-state index in [2.05, 4.69) is 15.3 Å². The second-order valence-electron chi connectivity index (χ2n) is 7.89. The number of aromatic nitrogens is 2. The molecule has 3 aromatic rings. The van der Waals surface area contributed by atoms with E-state index in [1.54, 1.807) is 23.0 Å². The molecule has 1 saturated heterocycles. The van der Waals surface area contributed by atoms with E-state index >= 15 is 0 Å². The van der Waals surface area contributed by atoms with Crippen molar-refractivity contribution in [3.8, 4) is 0 Å². The fraction of sp³-hybridized carbons (Fsp3) is 0.333.